The lowest BCUT2D eigenvalue weighted by Gasteiger charge is -2.65. The highest BCUT2D eigenvalue weighted by molar-refractivity contribution is 6.11. The van der Waals surface area contributed by atoms with Gasteiger partial charge in [0.05, 0.1) is 11.5 Å². The monoisotopic (exact) mass is 594 g/mol. The van der Waals surface area contributed by atoms with Gasteiger partial charge >= 0.3 is 0 Å². The fraction of sp³-hybridized carbons (Fsp3) is 0.618. The maximum atomic E-state index is 14.9. The maximum Gasteiger partial charge on any atom is 0.203 e. The zero-order chi connectivity index (χ0) is 31.7. The number of phenols is 1. The molecule has 3 aliphatic carbocycles. The van der Waals surface area contributed by atoms with Crippen molar-refractivity contribution in [3.05, 3.63) is 40.0 Å². The van der Waals surface area contributed by atoms with Crippen LogP contribution in [0.2, 0.25) is 0 Å². The van der Waals surface area contributed by atoms with E-state index in [2.05, 4.69) is 0 Å². The number of aldehydes is 1. The number of aliphatic hydroxyl groups excluding tert-OH is 1. The van der Waals surface area contributed by atoms with Crippen LogP contribution in [0.4, 0.5) is 0 Å². The molecule has 7 rings (SSSR count). The van der Waals surface area contributed by atoms with Crippen LogP contribution in [-0.4, -0.2) is 69.8 Å². The highest BCUT2D eigenvalue weighted by Crippen LogP contribution is 2.72. The summed E-state index contributed by atoms with van der Waals surface area (Å²) in [5, 5.41) is 23.8. The average molecular weight is 595 g/mol. The van der Waals surface area contributed by atoms with E-state index in [-0.39, 0.29) is 36.0 Å². The summed E-state index contributed by atoms with van der Waals surface area (Å²) in [5.74, 6) is -2.49. The van der Waals surface area contributed by atoms with Crippen LogP contribution in [-0.2, 0) is 30.9 Å². The summed E-state index contributed by atoms with van der Waals surface area (Å²) in [4.78, 5) is 41.2. The first-order valence-electron chi connectivity index (χ1n) is 15.0. The molecule has 232 valence electrons. The van der Waals surface area contributed by atoms with Gasteiger partial charge in [0, 0.05) is 36.0 Å². The van der Waals surface area contributed by atoms with Crippen LogP contribution in [0.5, 0.6) is 17.2 Å². The Labute approximate surface area is 252 Å². The molecule has 3 aliphatic heterocycles. The Bertz CT molecular complexity index is 1530. The van der Waals surface area contributed by atoms with Gasteiger partial charge in [-0.1, -0.05) is 31.6 Å². The van der Waals surface area contributed by atoms with E-state index in [0.717, 1.165) is 5.57 Å². The summed E-state index contributed by atoms with van der Waals surface area (Å²) >= 11 is 0. The third-order valence-electron chi connectivity index (χ3n) is 11.1. The lowest BCUT2D eigenvalue weighted by molar-refractivity contribution is -0.263. The molecule has 3 saturated carbocycles. The summed E-state index contributed by atoms with van der Waals surface area (Å²) in [5.41, 5.74) is -4.19. The third-order valence-corrected chi connectivity index (χ3v) is 11.1. The Kier molecular flexibility index (Phi) is 6.30. The minimum Gasteiger partial charge on any atom is -0.507 e. The van der Waals surface area contributed by atoms with Crippen molar-refractivity contribution in [2.24, 2.45) is 11.8 Å². The molecule has 9 nitrogen and oxygen atoms in total. The van der Waals surface area contributed by atoms with E-state index in [1.165, 1.54) is 7.11 Å². The number of aliphatic hydroxyl groups is 1. The van der Waals surface area contributed by atoms with Gasteiger partial charge in [0.2, 0.25) is 5.78 Å². The number of phenolic OH excluding ortho intramolecular Hbond substituents is 1. The molecule has 0 aromatic heterocycles. The molecule has 1 aromatic rings. The number of ether oxygens (including phenoxy) is 4. The number of hydrogen-bond acceptors (Lipinski definition) is 9. The molecule has 4 fully saturated rings. The van der Waals surface area contributed by atoms with Crippen LogP contribution in [0.1, 0.15) is 89.7 Å². The van der Waals surface area contributed by atoms with Gasteiger partial charge in [0.25, 0.3) is 0 Å². The van der Waals surface area contributed by atoms with E-state index in [1.807, 2.05) is 54.5 Å². The number of methoxy groups -OCH3 is 1. The smallest absolute Gasteiger partial charge is 0.203 e. The van der Waals surface area contributed by atoms with Crippen LogP contribution >= 0.6 is 0 Å². The predicted molar refractivity (Wildman–Crippen MR) is 157 cm³/mol. The molecule has 2 N–H and O–H groups in total. The second-order valence-corrected chi connectivity index (χ2v) is 14.4. The van der Waals surface area contributed by atoms with Gasteiger partial charge in [-0.2, -0.15) is 0 Å². The standard InChI is InChI=1S/C34H42O9/c1-16(2)10-11-19-24(36)21-25(37)22-28(38)32(40-9)14-20-31(7,8)43-33(29(32)39,13-12-17(3)15-35)34(20,22)42-27(21)23-26(19)41-18(4)30(23,5)6/h10,12,15,18,20,22,28,36,38H,11,13-14H2,1-9H3/t18-,20+,22-,28-,32-,33+,34+/m0/s1. The van der Waals surface area contributed by atoms with E-state index in [0.29, 0.717) is 35.2 Å². The summed E-state index contributed by atoms with van der Waals surface area (Å²) in [6.45, 7) is 15.2. The largest absolute Gasteiger partial charge is 0.507 e. The number of hydrogen-bond donors (Lipinski definition) is 2. The predicted octanol–water partition coefficient (Wildman–Crippen LogP) is 4.32. The first-order chi connectivity index (χ1) is 20.0. The Morgan fingerprint density at radius 3 is 2.37 bits per heavy atom. The van der Waals surface area contributed by atoms with Crippen molar-refractivity contribution in [3.8, 4) is 17.2 Å². The molecule has 1 aromatic carbocycles. The van der Waals surface area contributed by atoms with Crippen LogP contribution in [0, 0.1) is 11.8 Å². The Balaban J connectivity index is 1.71. The molecule has 1 spiro atoms. The number of rotatable bonds is 6. The molecule has 0 amide bonds. The molecule has 0 radical (unpaired) electrons. The summed E-state index contributed by atoms with van der Waals surface area (Å²) in [6.07, 6.45) is 2.76. The quantitative estimate of drug-likeness (QED) is 0.281. The third kappa shape index (κ3) is 3.36. The van der Waals surface area contributed by atoms with Crippen LogP contribution < -0.4 is 9.47 Å². The highest BCUT2D eigenvalue weighted by atomic mass is 16.6. The number of Topliss-reactive ketones (excluding diaryl/α,β-unsaturated/α-hetero) is 2. The molecule has 9 heteroatoms. The van der Waals surface area contributed by atoms with Crippen LogP contribution in [0.3, 0.4) is 0 Å². The summed E-state index contributed by atoms with van der Waals surface area (Å²) < 4.78 is 26.1. The van der Waals surface area contributed by atoms with Crippen molar-refractivity contribution in [2.45, 2.75) is 115 Å². The molecule has 4 bridgehead atoms. The Morgan fingerprint density at radius 1 is 1.09 bits per heavy atom. The summed E-state index contributed by atoms with van der Waals surface area (Å²) in [7, 11) is 1.36. The average Bonchev–Trinajstić information content (AvgIpc) is 3.24. The topological polar surface area (TPSA) is 129 Å². The van der Waals surface area contributed by atoms with Crippen LogP contribution in [0.15, 0.2) is 23.3 Å². The Hall–Kier alpha value is -3.01. The lowest BCUT2D eigenvalue weighted by atomic mass is 9.44. The van der Waals surface area contributed by atoms with E-state index in [4.69, 9.17) is 18.9 Å². The van der Waals surface area contributed by atoms with Gasteiger partial charge in [0.15, 0.2) is 22.6 Å². The number of carbonyl (C=O) groups is 3. The second-order valence-electron chi connectivity index (χ2n) is 14.4. The van der Waals surface area contributed by atoms with Crippen molar-refractivity contribution in [1.82, 2.24) is 0 Å². The number of benzene rings is 1. The van der Waals surface area contributed by atoms with E-state index < -0.39 is 57.3 Å². The molecule has 0 unspecified atom stereocenters. The van der Waals surface area contributed by atoms with E-state index in [1.54, 1.807) is 13.0 Å². The zero-order valence-corrected chi connectivity index (χ0v) is 26.4. The van der Waals surface area contributed by atoms with Gasteiger partial charge in [-0.3, -0.25) is 14.4 Å². The minimum absolute atomic E-state index is 0.0189. The fourth-order valence-corrected chi connectivity index (χ4v) is 8.62. The van der Waals surface area contributed by atoms with Crippen molar-refractivity contribution < 1.29 is 43.5 Å². The molecule has 43 heavy (non-hydrogen) atoms. The number of ketones is 2. The lowest BCUT2D eigenvalue weighted by Crippen LogP contribution is -2.86. The van der Waals surface area contributed by atoms with Crippen molar-refractivity contribution in [3.63, 3.8) is 0 Å². The number of fused-ring (bicyclic) bond motifs is 3. The molecule has 3 heterocycles. The first kappa shape index (κ1) is 30.0. The van der Waals surface area contributed by atoms with E-state index in [9.17, 15) is 24.6 Å². The molecule has 1 saturated heterocycles. The summed E-state index contributed by atoms with van der Waals surface area (Å²) in [6, 6.07) is 0. The van der Waals surface area contributed by atoms with Gasteiger partial charge < -0.3 is 29.2 Å². The first-order valence-corrected chi connectivity index (χ1v) is 15.0. The number of carbonyl (C=O) groups excluding carboxylic acids is 3. The number of aromatic hydroxyl groups is 1. The van der Waals surface area contributed by atoms with Crippen molar-refractivity contribution in [1.29, 1.82) is 0 Å². The zero-order valence-electron chi connectivity index (χ0n) is 26.4. The van der Waals surface area contributed by atoms with Gasteiger partial charge in [-0.15, -0.1) is 0 Å². The maximum absolute atomic E-state index is 14.9. The van der Waals surface area contributed by atoms with Gasteiger partial charge in [-0.25, -0.2) is 0 Å². The van der Waals surface area contributed by atoms with Crippen molar-refractivity contribution in [2.75, 3.05) is 7.11 Å². The normalized spacial score (nSPS) is 37.7. The molecular weight excluding hydrogens is 552 g/mol. The number of allylic oxidation sites excluding steroid dienone is 3. The minimum atomic E-state index is -1.75. The van der Waals surface area contributed by atoms with E-state index >= 15 is 0 Å². The fourth-order valence-electron chi connectivity index (χ4n) is 8.62. The second kappa shape index (κ2) is 9.02. The highest BCUT2D eigenvalue weighted by Gasteiger charge is 2.89. The van der Waals surface area contributed by atoms with Crippen molar-refractivity contribution >= 4 is 17.9 Å². The van der Waals surface area contributed by atoms with Gasteiger partial charge in [-0.05, 0) is 60.0 Å². The van der Waals surface area contributed by atoms with Crippen LogP contribution in [0.25, 0.3) is 0 Å². The SMILES string of the molecule is CO[C@]12C[C@@H]3C(C)(C)O[C@](CC=C(C)C=O)(C1=O)[C@@]31Oc3c(c(O)c(CC=C(C)C)c4c3C(C)(C)[C@H](C)O4)C(=O)[C@H]1[C@@H]2O. The molecule has 7 atom stereocenters. The molecular formula is C34H42O9. The Morgan fingerprint density at radius 2 is 1.77 bits per heavy atom. The molecule has 6 aliphatic rings. The van der Waals surface area contributed by atoms with Gasteiger partial charge in [0.1, 0.15) is 41.3 Å².